The van der Waals surface area contributed by atoms with Crippen molar-refractivity contribution < 1.29 is 4.79 Å². The van der Waals surface area contributed by atoms with Gasteiger partial charge in [0.15, 0.2) is 0 Å². The van der Waals surface area contributed by atoms with E-state index >= 15 is 0 Å². The second-order valence-electron chi connectivity index (χ2n) is 4.33. The molecule has 1 unspecified atom stereocenters. The van der Waals surface area contributed by atoms with E-state index in [4.69, 9.17) is 5.73 Å². The summed E-state index contributed by atoms with van der Waals surface area (Å²) in [7, 11) is 0. The summed E-state index contributed by atoms with van der Waals surface area (Å²) in [5.74, 6) is 1.18. The molecule has 100 valence electrons. The molecule has 2 rings (SSSR count). The van der Waals surface area contributed by atoms with Crippen molar-refractivity contribution in [2.45, 2.75) is 18.7 Å². The van der Waals surface area contributed by atoms with Crippen LogP contribution in [-0.4, -0.2) is 34.9 Å². The Bertz CT molecular complexity index is 396. The normalized spacial score (nSPS) is 19.2. The highest BCUT2D eigenvalue weighted by Gasteiger charge is 2.22. The molecule has 1 aromatic carbocycles. The Morgan fingerprint density at radius 2 is 2.11 bits per heavy atom. The van der Waals surface area contributed by atoms with E-state index in [-0.39, 0.29) is 18.3 Å². The molecule has 1 aliphatic rings. The molecule has 0 aliphatic carbocycles. The first-order chi connectivity index (χ1) is 8.20. The van der Waals surface area contributed by atoms with E-state index < -0.39 is 0 Å². The summed E-state index contributed by atoms with van der Waals surface area (Å²) in [6, 6.07) is 7.60. The molecule has 1 fully saturated rings. The highest BCUT2D eigenvalue weighted by Crippen LogP contribution is 2.19. The average molecular weight is 287 g/mol. The van der Waals surface area contributed by atoms with E-state index in [2.05, 4.69) is 6.92 Å². The smallest absolute Gasteiger partial charge is 0.253 e. The molecule has 1 saturated heterocycles. The lowest BCUT2D eigenvalue weighted by molar-refractivity contribution is 0.0763. The zero-order valence-corrected chi connectivity index (χ0v) is 12.1. The number of halogens is 1. The predicted octanol–water partition coefficient (Wildman–Crippen LogP) is 2.14. The van der Waals surface area contributed by atoms with Gasteiger partial charge in [0, 0.05) is 36.2 Å². The van der Waals surface area contributed by atoms with Crippen molar-refractivity contribution in [2.75, 3.05) is 18.8 Å². The molecule has 3 nitrogen and oxygen atoms in total. The number of carbonyl (C=O) groups excluding carboxylic acids is 1. The standard InChI is InChI=1S/C13H18N2OS.ClH/c1-10-9-15(6-7-17-10)13(16)12-4-2-11(8-14)3-5-12;/h2-5,10H,6-9,14H2,1H3;1H. The molecule has 1 aromatic rings. The molecule has 1 atom stereocenters. The lowest BCUT2D eigenvalue weighted by Crippen LogP contribution is -2.41. The zero-order chi connectivity index (χ0) is 12.3. The summed E-state index contributed by atoms with van der Waals surface area (Å²) in [5, 5.41) is 0.538. The molecule has 0 radical (unpaired) electrons. The van der Waals surface area contributed by atoms with Crippen LogP contribution in [0.25, 0.3) is 0 Å². The summed E-state index contributed by atoms with van der Waals surface area (Å²) in [5.41, 5.74) is 7.36. The number of hydrogen-bond acceptors (Lipinski definition) is 3. The van der Waals surface area contributed by atoms with Crippen molar-refractivity contribution in [3.8, 4) is 0 Å². The summed E-state index contributed by atoms with van der Waals surface area (Å²) in [4.78, 5) is 14.2. The molecule has 2 N–H and O–H groups in total. The number of thioether (sulfide) groups is 1. The Morgan fingerprint density at radius 1 is 1.44 bits per heavy atom. The fraction of sp³-hybridized carbons (Fsp3) is 0.462. The third-order valence-corrected chi connectivity index (χ3v) is 4.10. The monoisotopic (exact) mass is 286 g/mol. The largest absolute Gasteiger partial charge is 0.337 e. The van der Waals surface area contributed by atoms with Crippen molar-refractivity contribution in [3.63, 3.8) is 0 Å². The van der Waals surface area contributed by atoms with Gasteiger partial charge < -0.3 is 10.6 Å². The highest BCUT2D eigenvalue weighted by atomic mass is 35.5. The summed E-state index contributed by atoms with van der Waals surface area (Å²) < 4.78 is 0. The second-order valence-corrected chi connectivity index (χ2v) is 5.88. The van der Waals surface area contributed by atoms with Gasteiger partial charge in [0.1, 0.15) is 0 Å². The van der Waals surface area contributed by atoms with Crippen LogP contribution < -0.4 is 5.73 Å². The van der Waals surface area contributed by atoms with Gasteiger partial charge in [0.05, 0.1) is 0 Å². The molecule has 0 bridgehead atoms. The number of benzene rings is 1. The third kappa shape index (κ3) is 3.64. The summed E-state index contributed by atoms with van der Waals surface area (Å²) >= 11 is 1.93. The molecule has 0 saturated carbocycles. The van der Waals surface area contributed by atoms with Crippen LogP contribution in [0.1, 0.15) is 22.8 Å². The number of nitrogens with zero attached hydrogens (tertiary/aromatic N) is 1. The van der Waals surface area contributed by atoms with E-state index in [9.17, 15) is 4.79 Å². The topological polar surface area (TPSA) is 46.3 Å². The Kier molecular flexibility index (Phi) is 5.99. The van der Waals surface area contributed by atoms with Gasteiger partial charge in [-0.05, 0) is 17.7 Å². The highest BCUT2D eigenvalue weighted by molar-refractivity contribution is 7.99. The van der Waals surface area contributed by atoms with Crippen molar-refractivity contribution in [1.82, 2.24) is 4.90 Å². The Hall–Kier alpha value is -0.710. The van der Waals surface area contributed by atoms with Crippen molar-refractivity contribution in [1.29, 1.82) is 0 Å². The van der Waals surface area contributed by atoms with Crippen molar-refractivity contribution in [3.05, 3.63) is 35.4 Å². The minimum atomic E-state index is 0. The SMILES string of the molecule is CC1CN(C(=O)c2ccc(CN)cc2)CCS1.Cl. The van der Waals surface area contributed by atoms with Gasteiger partial charge >= 0.3 is 0 Å². The van der Waals surface area contributed by atoms with E-state index in [0.29, 0.717) is 11.8 Å². The summed E-state index contributed by atoms with van der Waals surface area (Å²) in [6.45, 7) is 4.39. The maximum atomic E-state index is 12.2. The number of hydrogen-bond donors (Lipinski definition) is 1. The number of rotatable bonds is 2. The summed E-state index contributed by atoms with van der Waals surface area (Å²) in [6.07, 6.45) is 0. The number of amides is 1. The van der Waals surface area contributed by atoms with Crippen molar-refractivity contribution >= 4 is 30.1 Å². The van der Waals surface area contributed by atoms with Crippen LogP contribution in [0, 0.1) is 0 Å². The molecule has 1 aliphatic heterocycles. The molecule has 1 heterocycles. The molecular weight excluding hydrogens is 268 g/mol. The molecule has 0 aromatic heterocycles. The van der Waals surface area contributed by atoms with E-state index in [1.54, 1.807) is 0 Å². The molecule has 5 heteroatoms. The van der Waals surface area contributed by atoms with Crippen molar-refractivity contribution in [2.24, 2.45) is 5.73 Å². The first kappa shape index (κ1) is 15.3. The molecular formula is C13H19ClN2OS. The van der Waals surface area contributed by atoms with Crippen LogP contribution in [0.2, 0.25) is 0 Å². The van der Waals surface area contributed by atoms with Crippen LogP contribution in [0.4, 0.5) is 0 Å². The van der Waals surface area contributed by atoms with Crippen LogP contribution in [0.15, 0.2) is 24.3 Å². The maximum absolute atomic E-state index is 12.2. The third-order valence-electron chi connectivity index (χ3n) is 2.96. The minimum Gasteiger partial charge on any atom is -0.337 e. The van der Waals surface area contributed by atoms with Crippen LogP contribution in [0.3, 0.4) is 0 Å². The Labute approximate surface area is 119 Å². The van der Waals surface area contributed by atoms with Gasteiger partial charge in [-0.2, -0.15) is 11.8 Å². The van der Waals surface area contributed by atoms with Crippen LogP contribution in [0.5, 0.6) is 0 Å². The second kappa shape index (κ2) is 7.02. The number of nitrogens with two attached hydrogens (primary N) is 1. The molecule has 0 spiro atoms. The van der Waals surface area contributed by atoms with Gasteiger partial charge in [-0.3, -0.25) is 4.79 Å². The minimum absolute atomic E-state index is 0. The number of carbonyl (C=O) groups is 1. The zero-order valence-electron chi connectivity index (χ0n) is 10.5. The first-order valence-electron chi connectivity index (χ1n) is 5.90. The lowest BCUT2D eigenvalue weighted by atomic mass is 10.1. The van der Waals surface area contributed by atoms with Gasteiger partial charge in [0.2, 0.25) is 0 Å². The van der Waals surface area contributed by atoms with E-state index in [0.717, 1.165) is 30.0 Å². The fourth-order valence-electron chi connectivity index (χ4n) is 1.97. The Balaban J connectivity index is 0.00000162. The maximum Gasteiger partial charge on any atom is 0.253 e. The molecule has 1 amide bonds. The predicted molar refractivity (Wildman–Crippen MR) is 79.4 cm³/mol. The van der Waals surface area contributed by atoms with Crippen LogP contribution >= 0.6 is 24.2 Å². The Morgan fingerprint density at radius 3 is 2.67 bits per heavy atom. The quantitative estimate of drug-likeness (QED) is 0.906. The van der Waals surface area contributed by atoms with E-state index in [1.165, 1.54) is 0 Å². The van der Waals surface area contributed by atoms with Gasteiger partial charge in [0.25, 0.3) is 5.91 Å². The first-order valence-corrected chi connectivity index (χ1v) is 6.95. The van der Waals surface area contributed by atoms with Gasteiger partial charge in [-0.1, -0.05) is 19.1 Å². The fourth-order valence-corrected chi connectivity index (χ4v) is 2.98. The van der Waals surface area contributed by atoms with Gasteiger partial charge in [-0.25, -0.2) is 0 Å². The van der Waals surface area contributed by atoms with Gasteiger partial charge in [-0.15, -0.1) is 12.4 Å². The van der Waals surface area contributed by atoms with Crippen LogP contribution in [-0.2, 0) is 6.54 Å². The van der Waals surface area contributed by atoms with E-state index in [1.807, 2.05) is 40.9 Å². The average Bonchev–Trinajstić information content (AvgIpc) is 2.38. The lowest BCUT2D eigenvalue weighted by Gasteiger charge is -2.30. The molecule has 18 heavy (non-hydrogen) atoms.